The lowest BCUT2D eigenvalue weighted by Gasteiger charge is -2.16. The van der Waals surface area contributed by atoms with Crippen LogP contribution in [0.1, 0.15) is 25.8 Å². The van der Waals surface area contributed by atoms with Crippen molar-refractivity contribution in [2.24, 2.45) is 0 Å². The van der Waals surface area contributed by atoms with Gasteiger partial charge in [-0.15, -0.1) is 0 Å². The zero-order valence-corrected chi connectivity index (χ0v) is 20.6. The molecule has 7 nitrogen and oxygen atoms in total. The first kappa shape index (κ1) is 25.3. The van der Waals surface area contributed by atoms with Crippen molar-refractivity contribution in [2.45, 2.75) is 32.8 Å². The quantitative estimate of drug-likeness (QED) is 0.172. The van der Waals surface area contributed by atoms with Gasteiger partial charge in [0, 0.05) is 25.0 Å². The fourth-order valence-electron chi connectivity index (χ4n) is 3.74. The fourth-order valence-corrected chi connectivity index (χ4v) is 3.74. The van der Waals surface area contributed by atoms with E-state index in [4.69, 9.17) is 23.4 Å². The van der Waals surface area contributed by atoms with E-state index in [-0.39, 0.29) is 5.97 Å². The number of fused-ring (bicyclic) bond motifs is 1. The number of ether oxygens (including phenoxy) is 4. The normalized spacial score (nSPS) is 11.8. The Morgan fingerprint density at radius 1 is 0.889 bits per heavy atom. The van der Waals surface area contributed by atoms with Gasteiger partial charge in [0.05, 0.1) is 19.8 Å². The second kappa shape index (κ2) is 12.7. The van der Waals surface area contributed by atoms with Gasteiger partial charge in [-0.1, -0.05) is 30.3 Å². The fraction of sp³-hybridized carbons (Fsp3) is 0.310. The van der Waals surface area contributed by atoms with Crippen LogP contribution in [-0.2, 0) is 20.7 Å². The molecular formula is C29H31NO6. The van der Waals surface area contributed by atoms with E-state index in [0.29, 0.717) is 38.7 Å². The summed E-state index contributed by atoms with van der Waals surface area (Å²) in [7, 11) is 0. The molecule has 4 rings (SSSR count). The third-order valence-electron chi connectivity index (χ3n) is 5.46. The van der Waals surface area contributed by atoms with Crippen LogP contribution in [0.4, 0.5) is 0 Å². The topological polar surface area (TPSA) is 80.0 Å². The van der Waals surface area contributed by atoms with E-state index < -0.39 is 6.10 Å². The number of carbonyl (C=O) groups is 1. The molecule has 0 spiro atoms. The molecule has 0 saturated heterocycles. The smallest absolute Gasteiger partial charge is 0.335 e. The van der Waals surface area contributed by atoms with Gasteiger partial charge in [0.2, 0.25) is 5.89 Å². The standard InChI is InChI=1S/C29H31NO6/c1-3-32-27(29(31)33-4-2)19-21-13-15-23(16-14-21)34-17-8-18-35-24-10-7-9-22(20-24)28-30-25-11-5-6-12-26(25)36-28/h5-7,9-16,20,27H,3-4,8,17-19H2,1-2H3/t27-/m0/s1. The molecule has 0 fully saturated rings. The molecule has 188 valence electrons. The Morgan fingerprint density at radius 3 is 2.42 bits per heavy atom. The minimum Gasteiger partial charge on any atom is -0.493 e. The number of para-hydroxylation sites is 2. The van der Waals surface area contributed by atoms with Crippen molar-refractivity contribution < 1.29 is 28.2 Å². The first-order chi connectivity index (χ1) is 17.7. The van der Waals surface area contributed by atoms with E-state index in [1.165, 1.54) is 0 Å². The molecule has 0 unspecified atom stereocenters. The first-order valence-electron chi connectivity index (χ1n) is 12.2. The number of hydrogen-bond donors (Lipinski definition) is 0. The van der Waals surface area contributed by atoms with Gasteiger partial charge < -0.3 is 23.4 Å². The number of oxazole rings is 1. The Balaban J connectivity index is 1.22. The lowest BCUT2D eigenvalue weighted by molar-refractivity contribution is -0.156. The molecule has 0 saturated carbocycles. The summed E-state index contributed by atoms with van der Waals surface area (Å²) in [6.45, 7) is 5.48. The second-order valence-electron chi connectivity index (χ2n) is 8.11. The predicted molar refractivity (Wildman–Crippen MR) is 137 cm³/mol. The van der Waals surface area contributed by atoms with Crippen molar-refractivity contribution >= 4 is 17.1 Å². The van der Waals surface area contributed by atoms with E-state index in [1.807, 2.05) is 79.7 Å². The van der Waals surface area contributed by atoms with Crippen molar-refractivity contribution in [1.29, 1.82) is 0 Å². The lowest BCUT2D eigenvalue weighted by Crippen LogP contribution is -2.28. The van der Waals surface area contributed by atoms with E-state index in [0.717, 1.165) is 40.1 Å². The van der Waals surface area contributed by atoms with Crippen molar-refractivity contribution in [3.05, 3.63) is 78.4 Å². The Bertz CT molecular complexity index is 1220. The maximum absolute atomic E-state index is 12.0. The summed E-state index contributed by atoms with van der Waals surface area (Å²) < 4.78 is 28.2. The van der Waals surface area contributed by atoms with Crippen molar-refractivity contribution in [3.63, 3.8) is 0 Å². The molecule has 1 aromatic heterocycles. The van der Waals surface area contributed by atoms with Crippen LogP contribution in [0.15, 0.2) is 77.2 Å². The Morgan fingerprint density at radius 2 is 1.67 bits per heavy atom. The van der Waals surface area contributed by atoms with Crippen LogP contribution < -0.4 is 9.47 Å². The molecule has 0 aliphatic rings. The molecule has 0 amide bonds. The summed E-state index contributed by atoms with van der Waals surface area (Å²) in [4.78, 5) is 16.6. The van der Waals surface area contributed by atoms with Crippen LogP contribution in [0.25, 0.3) is 22.6 Å². The number of hydrogen-bond acceptors (Lipinski definition) is 7. The molecule has 0 aliphatic carbocycles. The Labute approximate surface area is 211 Å². The molecule has 0 bridgehead atoms. The number of nitrogens with zero attached hydrogens (tertiary/aromatic N) is 1. The minimum atomic E-state index is -0.597. The highest BCUT2D eigenvalue weighted by Crippen LogP contribution is 2.27. The lowest BCUT2D eigenvalue weighted by atomic mass is 10.1. The third-order valence-corrected chi connectivity index (χ3v) is 5.46. The van der Waals surface area contributed by atoms with E-state index in [2.05, 4.69) is 4.98 Å². The highest BCUT2D eigenvalue weighted by molar-refractivity contribution is 5.76. The molecule has 0 N–H and O–H groups in total. The largest absolute Gasteiger partial charge is 0.493 e. The van der Waals surface area contributed by atoms with Crippen molar-refractivity contribution in [3.8, 4) is 23.0 Å². The molecule has 0 radical (unpaired) electrons. The van der Waals surface area contributed by atoms with Gasteiger partial charge in [0.25, 0.3) is 0 Å². The van der Waals surface area contributed by atoms with Crippen LogP contribution >= 0.6 is 0 Å². The highest BCUT2D eigenvalue weighted by Gasteiger charge is 2.20. The Hall–Kier alpha value is -3.84. The van der Waals surface area contributed by atoms with Gasteiger partial charge in [-0.2, -0.15) is 0 Å². The monoisotopic (exact) mass is 489 g/mol. The number of benzene rings is 3. The molecule has 1 heterocycles. The highest BCUT2D eigenvalue weighted by atomic mass is 16.6. The summed E-state index contributed by atoms with van der Waals surface area (Å²) >= 11 is 0. The van der Waals surface area contributed by atoms with Gasteiger partial charge in [-0.05, 0) is 61.9 Å². The van der Waals surface area contributed by atoms with Gasteiger partial charge in [-0.25, -0.2) is 9.78 Å². The van der Waals surface area contributed by atoms with Gasteiger partial charge in [0.15, 0.2) is 11.7 Å². The summed E-state index contributed by atoms with van der Waals surface area (Å²) in [6, 6.07) is 23.1. The van der Waals surface area contributed by atoms with Gasteiger partial charge in [-0.3, -0.25) is 0 Å². The Kier molecular flexibility index (Phi) is 8.94. The summed E-state index contributed by atoms with van der Waals surface area (Å²) in [6.07, 6.45) is 0.591. The van der Waals surface area contributed by atoms with Crippen LogP contribution in [0.2, 0.25) is 0 Å². The van der Waals surface area contributed by atoms with Gasteiger partial charge in [0.1, 0.15) is 17.0 Å². The van der Waals surface area contributed by atoms with Crippen molar-refractivity contribution in [1.82, 2.24) is 4.98 Å². The summed E-state index contributed by atoms with van der Waals surface area (Å²) in [5.41, 5.74) is 3.44. The van der Waals surface area contributed by atoms with Gasteiger partial charge >= 0.3 is 5.97 Å². The van der Waals surface area contributed by atoms with Crippen LogP contribution in [0, 0.1) is 0 Å². The molecular weight excluding hydrogens is 458 g/mol. The molecule has 36 heavy (non-hydrogen) atoms. The maximum Gasteiger partial charge on any atom is 0.335 e. The number of carbonyl (C=O) groups excluding carboxylic acids is 1. The van der Waals surface area contributed by atoms with Crippen molar-refractivity contribution in [2.75, 3.05) is 26.4 Å². The van der Waals surface area contributed by atoms with E-state index >= 15 is 0 Å². The molecule has 0 aliphatic heterocycles. The molecule has 7 heteroatoms. The minimum absolute atomic E-state index is 0.334. The van der Waals surface area contributed by atoms with Crippen LogP contribution in [0.5, 0.6) is 11.5 Å². The van der Waals surface area contributed by atoms with E-state index in [1.54, 1.807) is 6.92 Å². The van der Waals surface area contributed by atoms with Crippen LogP contribution in [0.3, 0.4) is 0 Å². The predicted octanol–water partition coefficient (Wildman–Crippen LogP) is 5.85. The number of rotatable bonds is 13. The second-order valence-corrected chi connectivity index (χ2v) is 8.11. The number of esters is 1. The maximum atomic E-state index is 12.0. The first-order valence-corrected chi connectivity index (χ1v) is 12.2. The average Bonchev–Trinajstić information content (AvgIpc) is 3.34. The zero-order chi connectivity index (χ0) is 25.2. The molecule has 1 atom stereocenters. The SMILES string of the molecule is CCOC(=O)[C@H](Cc1ccc(OCCCOc2cccc(-c3nc4ccccc4o3)c2)cc1)OCC. The van der Waals surface area contributed by atoms with E-state index in [9.17, 15) is 4.79 Å². The molecule has 4 aromatic rings. The zero-order valence-electron chi connectivity index (χ0n) is 20.6. The number of aromatic nitrogens is 1. The molecule has 3 aromatic carbocycles. The third kappa shape index (κ3) is 6.86. The van der Waals surface area contributed by atoms with Crippen LogP contribution in [-0.4, -0.2) is 43.5 Å². The summed E-state index contributed by atoms with van der Waals surface area (Å²) in [5, 5.41) is 0. The summed E-state index contributed by atoms with van der Waals surface area (Å²) in [5.74, 6) is 1.76. The average molecular weight is 490 g/mol.